The molecule has 0 aliphatic heterocycles. The van der Waals surface area contributed by atoms with E-state index in [9.17, 15) is 10.1 Å². The van der Waals surface area contributed by atoms with Crippen molar-refractivity contribution in [2.24, 2.45) is 0 Å². The maximum atomic E-state index is 10.7. The first-order chi connectivity index (χ1) is 13.1. The van der Waals surface area contributed by atoms with Crippen molar-refractivity contribution in [1.29, 1.82) is 0 Å². The van der Waals surface area contributed by atoms with Crippen molar-refractivity contribution in [2.75, 3.05) is 20.2 Å². The zero-order valence-electron chi connectivity index (χ0n) is 14.9. The van der Waals surface area contributed by atoms with Gasteiger partial charge in [0.15, 0.2) is 0 Å². The lowest BCUT2D eigenvalue weighted by molar-refractivity contribution is -0.384. The molecule has 0 aliphatic carbocycles. The van der Waals surface area contributed by atoms with Crippen molar-refractivity contribution in [3.63, 3.8) is 0 Å². The fourth-order valence-electron chi connectivity index (χ4n) is 2.52. The van der Waals surface area contributed by atoms with Crippen LogP contribution in [0, 0.1) is 10.1 Å². The van der Waals surface area contributed by atoms with Gasteiger partial charge in [0.05, 0.1) is 18.1 Å². The molecular weight excluding hydrogens is 348 g/mol. The van der Waals surface area contributed by atoms with Crippen LogP contribution in [0.3, 0.4) is 0 Å². The summed E-state index contributed by atoms with van der Waals surface area (Å²) in [4.78, 5) is 16.7. The largest absolute Gasteiger partial charge is 0.494 e. The van der Waals surface area contributed by atoms with Crippen LogP contribution in [0.5, 0.6) is 5.75 Å². The normalized spacial score (nSPS) is 10.9. The Labute approximate surface area is 156 Å². The van der Waals surface area contributed by atoms with Gasteiger partial charge in [-0.2, -0.15) is 4.98 Å². The third-order valence-corrected chi connectivity index (χ3v) is 3.91. The van der Waals surface area contributed by atoms with Gasteiger partial charge in [-0.1, -0.05) is 23.4 Å². The molecule has 8 heteroatoms. The number of nitrogens with zero attached hydrogens (tertiary/aromatic N) is 4. The Hall–Kier alpha value is -3.26. The van der Waals surface area contributed by atoms with Gasteiger partial charge in [-0.05, 0) is 37.7 Å². The first kappa shape index (κ1) is 18.5. The van der Waals surface area contributed by atoms with Crippen LogP contribution in [-0.2, 0) is 6.54 Å². The average Bonchev–Trinajstić information content (AvgIpc) is 3.14. The van der Waals surface area contributed by atoms with E-state index in [0.29, 0.717) is 30.4 Å². The summed E-state index contributed by atoms with van der Waals surface area (Å²) in [6.45, 7) is 1.97. The zero-order chi connectivity index (χ0) is 19.1. The number of nitro groups is 1. The molecule has 0 radical (unpaired) electrons. The first-order valence-electron chi connectivity index (χ1n) is 8.55. The Morgan fingerprint density at radius 3 is 2.59 bits per heavy atom. The second-order valence-corrected chi connectivity index (χ2v) is 6.07. The lowest BCUT2D eigenvalue weighted by atomic mass is 10.2. The molecule has 0 fully saturated rings. The highest BCUT2D eigenvalue weighted by Crippen LogP contribution is 2.20. The van der Waals surface area contributed by atoms with Crippen molar-refractivity contribution in [2.45, 2.75) is 13.0 Å². The van der Waals surface area contributed by atoms with E-state index in [1.807, 2.05) is 37.4 Å². The van der Waals surface area contributed by atoms with Crippen molar-refractivity contribution in [1.82, 2.24) is 15.0 Å². The van der Waals surface area contributed by atoms with Gasteiger partial charge in [0.2, 0.25) is 11.7 Å². The topological polar surface area (TPSA) is 94.5 Å². The fourth-order valence-corrected chi connectivity index (χ4v) is 2.52. The average molecular weight is 368 g/mol. The Kier molecular flexibility index (Phi) is 6.11. The highest BCUT2D eigenvalue weighted by atomic mass is 16.6. The summed E-state index contributed by atoms with van der Waals surface area (Å²) in [5, 5.41) is 14.6. The highest BCUT2D eigenvalue weighted by Gasteiger charge is 2.12. The molecule has 1 aromatic heterocycles. The minimum Gasteiger partial charge on any atom is -0.494 e. The number of hydrogen-bond donors (Lipinski definition) is 0. The SMILES string of the molecule is CN(CCCOc1ccccc1)Cc1nc(-c2ccc([N+](=O)[O-])cc2)no1. The number of rotatable bonds is 9. The van der Waals surface area contributed by atoms with E-state index in [4.69, 9.17) is 9.26 Å². The van der Waals surface area contributed by atoms with Crippen LogP contribution in [0.4, 0.5) is 5.69 Å². The monoisotopic (exact) mass is 368 g/mol. The second-order valence-electron chi connectivity index (χ2n) is 6.07. The van der Waals surface area contributed by atoms with Crippen molar-refractivity contribution in [3.8, 4) is 17.1 Å². The van der Waals surface area contributed by atoms with Crippen molar-refractivity contribution in [3.05, 3.63) is 70.6 Å². The molecule has 3 aromatic rings. The summed E-state index contributed by atoms with van der Waals surface area (Å²) in [6.07, 6.45) is 0.870. The van der Waals surface area contributed by atoms with Crippen LogP contribution in [0.15, 0.2) is 59.1 Å². The molecule has 0 bridgehead atoms. The summed E-state index contributed by atoms with van der Waals surface area (Å²) in [5.41, 5.74) is 0.703. The van der Waals surface area contributed by atoms with Gasteiger partial charge in [-0.3, -0.25) is 15.0 Å². The summed E-state index contributed by atoms with van der Waals surface area (Å²) in [7, 11) is 1.97. The van der Waals surface area contributed by atoms with E-state index >= 15 is 0 Å². The predicted octanol–water partition coefficient (Wildman–Crippen LogP) is 3.55. The first-order valence-corrected chi connectivity index (χ1v) is 8.55. The highest BCUT2D eigenvalue weighted by molar-refractivity contribution is 5.56. The molecule has 0 spiro atoms. The molecule has 0 amide bonds. The van der Waals surface area contributed by atoms with Gasteiger partial charge in [-0.15, -0.1) is 0 Å². The van der Waals surface area contributed by atoms with E-state index in [1.54, 1.807) is 12.1 Å². The standard InChI is InChI=1S/C19H20N4O4/c1-22(12-5-13-26-17-6-3-2-4-7-17)14-18-20-19(21-27-18)15-8-10-16(11-9-15)23(24)25/h2-4,6-11H,5,12-14H2,1H3. The molecule has 0 saturated heterocycles. The lowest BCUT2D eigenvalue weighted by Crippen LogP contribution is -2.21. The van der Waals surface area contributed by atoms with Crippen molar-refractivity contribution < 1.29 is 14.2 Å². The van der Waals surface area contributed by atoms with Crippen LogP contribution < -0.4 is 4.74 Å². The van der Waals surface area contributed by atoms with Crippen molar-refractivity contribution >= 4 is 5.69 Å². The third-order valence-electron chi connectivity index (χ3n) is 3.91. The quantitative estimate of drug-likeness (QED) is 0.324. The molecule has 8 nitrogen and oxygen atoms in total. The second kappa shape index (κ2) is 8.91. The van der Waals surface area contributed by atoms with E-state index in [2.05, 4.69) is 15.0 Å². The molecule has 0 unspecified atom stereocenters. The lowest BCUT2D eigenvalue weighted by Gasteiger charge is -2.14. The van der Waals surface area contributed by atoms with E-state index in [-0.39, 0.29) is 5.69 Å². The fraction of sp³-hybridized carbons (Fsp3) is 0.263. The van der Waals surface area contributed by atoms with Gasteiger partial charge < -0.3 is 9.26 Å². The van der Waals surface area contributed by atoms with Gasteiger partial charge >= 0.3 is 0 Å². The van der Waals surface area contributed by atoms with Gasteiger partial charge in [0.1, 0.15) is 5.75 Å². The predicted molar refractivity (Wildman–Crippen MR) is 99.3 cm³/mol. The van der Waals surface area contributed by atoms with E-state index in [0.717, 1.165) is 18.7 Å². The summed E-state index contributed by atoms with van der Waals surface area (Å²) >= 11 is 0. The van der Waals surface area contributed by atoms with Gasteiger partial charge in [0, 0.05) is 24.2 Å². The molecular formula is C19H20N4O4. The Bertz CT molecular complexity index is 865. The van der Waals surface area contributed by atoms with E-state index < -0.39 is 4.92 Å². The third kappa shape index (κ3) is 5.35. The zero-order valence-corrected chi connectivity index (χ0v) is 14.9. The van der Waals surface area contributed by atoms with Crippen LogP contribution >= 0.6 is 0 Å². The number of aromatic nitrogens is 2. The summed E-state index contributed by atoms with van der Waals surface area (Å²) in [5.74, 6) is 1.78. The molecule has 0 atom stereocenters. The number of para-hydroxylation sites is 1. The minimum absolute atomic E-state index is 0.0277. The number of non-ortho nitro benzene ring substituents is 1. The Morgan fingerprint density at radius 1 is 1.15 bits per heavy atom. The number of ether oxygens (including phenoxy) is 1. The Morgan fingerprint density at radius 2 is 1.89 bits per heavy atom. The van der Waals surface area contributed by atoms with E-state index in [1.165, 1.54) is 12.1 Å². The Balaban J connectivity index is 1.46. The number of benzene rings is 2. The number of nitro benzene ring substituents is 1. The van der Waals surface area contributed by atoms with Crippen LogP contribution in [-0.4, -0.2) is 40.2 Å². The van der Waals surface area contributed by atoms with Gasteiger partial charge in [-0.25, -0.2) is 0 Å². The number of hydrogen-bond acceptors (Lipinski definition) is 7. The molecule has 140 valence electrons. The molecule has 27 heavy (non-hydrogen) atoms. The summed E-state index contributed by atoms with van der Waals surface area (Å²) in [6, 6.07) is 15.8. The minimum atomic E-state index is -0.443. The molecule has 0 saturated carbocycles. The van der Waals surface area contributed by atoms with Crippen LogP contribution in [0.2, 0.25) is 0 Å². The molecule has 3 rings (SSSR count). The molecule has 0 N–H and O–H groups in total. The molecule has 0 aliphatic rings. The smallest absolute Gasteiger partial charge is 0.269 e. The van der Waals surface area contributed by atoms with Crippen LogP contribution in [0.1, 0.15) is 12.3 Å². The summed E-state index contributed by atoms with van der Waals surface area (Å²) < 4.78 is 10.9. The van der Waals surface area contributed by atoms with Crippen LogP contribution in [0.25, 0.3) is 11.4 Å². The molecule has 1 heterocycles. The maximum absolute atomic E-state index is 10.7. The maximum Gasteiger partial charge on any atom is 0.269 e. The molecule has 2 aromatic carbocycles. The van der Waals surface area contributed by atoms with Gasteiger partial charge in [0.25, 0.3) is 5.69 Å².